The van der Waals surface area contributed by atoms with Gasteiger partial charge in [-0.15, -0.1) is 12.6 Å². The highest BCUT2D eigenvalue weighted by Gasteiger charge is 2.63. The number of aliphatic carboxylic acids is 1. The zero-order valence-electron chi connectivity index (χ0n) is 46.0. The van der Waals surface area contributed by atoms with Gasteiger partial charge in [0.2, 0.25) is 0 Å². The van der Waals surface area contributed by atoms with E-state index in [0.717, 1.165) is 92.3 Å². The highest BCUT2D eigenvalue weighted by Crippen LogP contribution is 2.72. The van der Waals surface area contributed by atoms with Gasteiger partial charge in [0.05, 0.1) is 18.9 Å². The number of ether oxygens (including phenoxy) is 1. The van der Waals surface area contributed by atoms with Crippen LogP contribution in [0.25, 0.3) is 0 Å². The number of hydrogen-bond acceptors (Lipinski definition) is 8. The van der Waals surface area contributed by atoms with E-state index in [1.807, 2.05) is 46.4 Å². The van der Waals surface area contributed by atoms with Gasteiger partial charge in [0, 0.05) is 37.1 Å². The molecule has 0 heterocycles. The Labute approximate surface area is 438 Å². The summed E-state index contributed by atoms with van der Waals surface area (Å²) in [4.78, 5) is 35.6. The lowest BCUT2D eigenvalue weighted by Gasteiger charge is -2.66. The number of carbonyl (C=O) groups excluding carboxylic acids is 2. The molecule has 6 aliphatic carbocycles. The molecule has 4 saturated carbocycles. The van der Waals surface area contributed by atoms with Crippen molar-refractivity contribution in [1.82, 2.24) is 0 Å². The third kappa shape index (κ3) is 18.3. The maximum atomic E-state index is 10.1. The Bertz CT molecular complexity index is 1850. The zero-order valence-corrected chi connectivity index (χ0v) is 47.6. The predicted octanol–water partition coefficient (Wildman–Crippen LogP) is 15.8. The monoisotopic (exact) mass is 1020 g/mol. The van der Waals surface area contributed by atoms with Gasteiger partial charge in [-0.1, -0.05) is 143 Å². The molecule has 0 aliphatic heterocycles. The second-order valence-corrected chi connectivity index (χ2v) is 24.1. The van der Waals surface area contributed by atoms with Gasteiger partial charge in [-0.05, 0) is 165 Å². The second-order valence-electron chi connectivity index (χ2n) is 22.9. The molecule has 70 heavy (non-hydrogen) atoms. The number of hydrogen-bond donors (Lipinski definition) is 4. The summed E-state index contributed by atoms with van der Waals surface area (Å²) in [5, 5.41) is 23.2. The summed E-state index contributed by atoms with van der Waals surface area (Å²) in [6.45, 7) is 30.0. The van der Waals surface area contributed by atoms with Crippen molar-refractivity contribution >= 4 is 48.7 Å². The first-order valence-corrected chi connectivity index (χ1v) is 26.8. The number of aldehydes is 2. The molecule has 0 spiro atoms. The van der Waals surface area contributed by atoms with Crippen LogP contribution in [-0.4, -0.2) is 67.6 Å². The Morgan fingerprint density at radius 2 is 1.57 bits per heavy atom. The molecule has 8 unspecified atom stereocenters. The Kier molecular flexibility index (Phi) is 29.9. The Balaban J connectivity index is 0.00000152. The third-order valence-corrected chi connectivity index (χ3v) is 16.5. The van der Waals surface area contributed by atoms with E-state index in [2.05, 4.69) is 84.0 Å². The van der Waals surface area contributed by atoms with Crippen molar-refractivity contribution in [2.45, 2.75) is 193 Å². The standard InChI is InChI=1S/C41H62ClNO.C6H10O3.C5H10O.C5H8S.2CH4O.CH4/c1-8-11-30-26-41(24-25-44-38(43-7)28(4)29-13-15-32(42)16-14-29)23-20-34-33(37(41)36(30)27(2)3)17-18-35-39(5)21-10-9-12-31(39)19-22-40(34,35)6;1-6(2,4-7)3-5(8)9;1-5(2,3)4-6;1-3-4-5(2)6;2*1-2;/h11,13,15,27-28,31,33-35H,8-10,12,14,16-26H2,1-7H3;4H,3H2,1-2H3,(H,8,9);4H,1-3H3;3-4,6H,1H2,2H3;2*2H,1H3;1H4/b30-11-,43-38?;;;5-4+;;;. The highest BCUT2D eigenvalue weighted by atomic mass is 35.5. The van der Waals surface area contributed by atoms with Gasteiger partial charge >= 0.3 is 5.97 Å². The van der Waals surface area contributed by atoms with Crippen LogP contribution in [0.4, 0.5) is 0 Å². The summed E-state index contributed by atoms with van der Waals surface area (Å²) in [7, 11) is 3.90. The molecule has 0 amide bonds. The number of carbonyl (C=O) groups is 3. The molecule has 0 aromatic rings. The predicted molar refractivity (Wildman–Crippen MR) is 302 cm³/mol. The van der Waals surface area contributed by atoms with Crippen molar-refractivity contribution in [2.75, 3.05) is 27.9 Å². The minimum Gasteiger partial charge on any atom is -0.481 e. The van der Waals surface area contributed by atoms with Gasteiger partial charge in [-0.3, -0.25) is 9.79 Å². The third-order valence-electron chi connectivity index (χ3n) is 16.0. The number of halogens is 1. The van der Waals surface area contributed by atoms with Crippen molar-refractivity contribution in [3.8, 4) is 0 Å². The van der Waals surface area contributed by atoms with Gasteiger partial charge in [-0.25, -0.2) is 0 Å². The maximum Gasteiger partial charge on any atom is 0.304 e. The van der Waals surface area contributed by atoms with Gasteiger partial charge < -0.3 is 29.6 Å². The lowest BCUT2D eigenvalue weighted by Crippen LogP contribution is -2.58. The second kappa shape index (κ2) is 31.1. The molecule has 6 rings (SSSR count). The van der Waals surface area contributed by atoms with Crippen LogP contribution in [0.3, 0.4) is 0 Å². The topological polar surface area (TPSA) is 133 Å². The molecule has 10 heteroatoms. The number of nitrogens with zero attached hydrogens (tertiary/aromatic N) is 1. The fourth-order valence-electron chi connectivity index (χ4n) is 13.0. The molecule has 0 bridgehead atoms. The smallest absolute Gasteiger partial charge is 0.304 e. The summed E-state index contributed by atoms with van der Waals surface area (Å²) >= 11 is 10.2. The first-order chi connectivity index (χ1) is 32.4. The lowest BCUT2D eigenvalue weighted by atomic mass is 9.39. The first kappa shape index (κ1) is 67.3. The van der Waals surface area contributed by atoms with E-state index in [0.29, 0.717) is 23.0 Å². The molecule has 0 radical (unpaired) electrons. The molecule has 4 fully saturated rings. The van der Waals surface area contributed by atoms with E-state index in [4.69, 9.17) is 31.7 Å². The maximum absolute atomic E-state index is 10.1. The zero-order chi connectivity index (χ0) is 53.0. The summed E-state index contributed by atoms with van der Waals surface area (Å²) in [5.74, 6) is 4.28. The van der Waals surface area contributed by atoms with Gasteiger partial charge in [0.1, 0.15) is 12.6 Å². The van der Waals surface area contributed by atoms with E-state index in [9.17, 15) is 14.4 Å². The van der Waals surface area contributed by atoms with Gasteiger partial charge in [0.25, 0.3) is 0 Å². The van der Waals surface area contributed by atoms with Crippen LogP contribution in [0.15, 0.2) is 74.2 Å². The molecule has 6 aliphatic rings. The number of fused-ring (bicyclic) bond motifs is 7. The van der Waals surface area contributed by atoms with Gasteiger partial charge in [-0.2, -0.15) is 0 Å². The number of aliphatic hydroxyl groups excluding tert-OH is 2. The first-order valence-electron chi connectivity index (χ1n) is 26.0. The minimum absolute atomic E-state index is 0. The van der Waals surface area contributed by atoms with Crippen LogP contribution in [0, 0.1) is 62.6 Å². The Hall–Kier alpha value is -2.72. The number of carboxylic acid groups (broad SMARTS) is 1. The quantitative estimate of drug-likeness (QED) is 0.0532. The molecule has 8 nitrogen and oxygen atoms in total. The van der Waals surface area contributed by atoms with Crippen molar-refractivity contribution in [2.24, 2.45) is 67.6 Å². The van der Waals surface area contributed by atoms with E-state index in [1.54, 1.807) is 31.1 Å². The Morgan fingerprint density at radius 3 is 2.03 bits per heavy atom. The summed E-state index contributed by atoms with van der Waals surface area (Å²) < 4.78 is 6.66. The number of rotatable bonds is 11. The van der Waals surface area contributed by atoms with E-state index < -0.39 is 11.4 Å². The summed E-state index contributed by atoms with van der Waals surface area (Å²) in [6.07, 6.45) is 31.8. The average molecular weight is 1020 g/mol. The van der Waals surface area contributed by atoms with Crippen molar-refractivity contribution in [1.29, 1.82) is 0 Å². The van der Waals surface area contributed by atoms with Crippen LogP contribution >= 0.6 is 24.2 Å². The normalized spacial score (nSPS) is 29.0. The van der Waals surface area contributed by atoms with Crippen molar-refractivity contribution in [3.63, 3.8) is 0 Å². The molecule has 3 N–H and O–H groups in total. The molecule has 0 aromatic heterocycles. The molecular formula is C60H102ClNO7S. The summed E-state index contributed by atoms with van der Waals surface area (Å²) in [5.41, 5.74) is 7.22. The lowest BCUT2D eigenvalue weighted by molar-refractivity contribution is -0.151. The molecule has 0 aromatic carbocycles. The number of carboxylic acids is 1. The molecule has 402 valence electrons. The van der Waals surface area contributed by atoms with Crippen LogP contribution < -0.4 is 0 Å². The number of allylic oxidation sites excluding steroid dienone is 10. The molecule has 8 atom stereocenters. The minimum atomic E-state index is -0.938. The van der Waals surface area contributed by atoms with E-state index in [-0.39, 0.29) is 30.6 Å². The van der Waals surface area contributed by atoms with Crippen LogP contribution in [0.2, 0.25) is 0 Å². The molecule has 0 saturated heterocycles. The van der Waals surface area contributed by atoms with Crippen LogP contribution in [0.5, 0.6) is 0 Å². The summed E-state index contributed by atoms with van der Waals surface area (Å²) in [6, 6.07) is 0. The van der Waals surface area contributed by atoms with Crippen molar-refractivity contribution < 1.29 is 34.4 Å². The largest absolute Gasteiger partial charge is 0.481 e. The van der Waals surface area contributed by atoms with E-state index in [1.165, 1.54) is 76.2 Å². The number of aliphatic hydroxyl groups is 2. The SMILES string of the molecule is C.C=C/C=C(\C)S.CC(C)(C)C=O.CC(C)(C=O)CC(=O)O.CC/C=C1/CC2(CCOC(=NC)C(C)C3=CC=C(Cl)CC3)CCC3C(CCC4C5(C)CCCCC5CCC34C)C2=C1C(C)C.CO.CO. The Morgan fingerprint density at radius 1 is 0.943 bits per heavy atom. The average Bonchev–Trinajstić information content (AvgIpc) is 3.63. The van der Waals surface area contributed by atoms with Crippen LogP contribution in [-0.2, 0) is 19.1 Å². The highest BCUT2D eigenvalue weighted by molar-refractivity contribution is 7.84. The van der Waals surface area contributed by atoms with E-state index >= 15 is 0 Å². The fraction of sp³-hybridized carbons (Fsp3) is 0.733. The molecular weight excluding hydrogens is 914 g/mol. The number of aliphatic imine (C=N–C) groups is 1. The van der Waals surface area contributed by atoms with Crippen molar-refractivity contribution in [3.05, 3.63) is 69.2 Å². The van der Waals surface area contributed by atoms with Crippen LogP contribution in [0.1, 0.15) is 193 Å². The number of thiol groups is 1. The van der Waals surface area contributed by atoms with Gasteiger partial charge in [0.15, 0.2) is 5.90 Å². The fourth-order valence-corrected chi connectivity index (χ4v) is 13.2.